The Labute approximate surface area is 91.4 Å². The summed E-state index contributed by atoms with van der Waals surface area (Å²) in [4.78, 5) is 34.3. The second-order valence-corrected chi connectivity index (χ2v) is 3.39. The smallest absolute Gasteiger partial charge is 0.299 e. The minimum atomic E-state index is -0.888. The highest BCUT2D eigenvalue weighted by Gasteiger charge is 2.32. The molecule has 5 nitrogen and oxygen atoms in total. The molecule has 0 aromatic heterocycles. The maximum absolute atomic E-state index is 11.6. The van der Waals surface area contributed by atoms with E-state index >= 15 is 0 Å². The molecule has 2 rings (SSSR count). The van der Waals surface area contributed by atoms with Gasteiger partial charge in [0.2, 0.25) is 0 Å². The van der Waals surface area contributed by atoms with E-state index in [1.807, 2.05) is 5.32 Å². The standard InChI is InChI=1S/C11H9NO4/c1-16-5-6-3-2-4-7-8(6)9(13)11(15)12-10(7)14/h2-4H,5H2,1H3,(H,12,14,15). The van der Waals surface area contributed by atoms with E-state index in [1.54, 1.807) is 12.1 Å². The Kier molecular flexibility index (Phi) is 2.54. The van der Waals surface area contributed by atoms with Crippen LogP contribution in [0.3, 0.4) is 0 Å². The lowest BCUT2D eigenvalue weighted by Crippen LogP contribution is -2.42. The van der Waals surface area contributed by atoms with Crippen molar-refractivity contribution in [2.75, 3.05) is 7.11 Å². The third-order valence-corrected chi connectivity index (χ3v) is 2.36. The quantitative estimate of drug-likeness (QED) is 0.573. The first kappa shape index (κ1) is 10.5. The predicted octanol–water partition coefficient (Wildman–Crippen LogP) is 0.286. The highest BCUT2D eigenvalue weighted by atomic mass is 16.5. The Bertz CT molecular complexity index is 493. The van der Waals surface area contributed by atoms with Gasteiger partial charge in [0.05, 0.1) is 12.2 Å². The molecule has 0 spiro atoms. The van der Waals surface area contributed by atoms with E-state index in [4.69, 9.17) is 4.74 Å². The van der Waals surface area contributed by atoms with E-state index < -0.39 is 17.6 Å². The number of carbonyl (C=O) groups excluding carboxylic acids is 3. The van der Waals surface area contributed by atoms with E-state index in [0.29, 0.717) is 5.56 Å². The summed E-state index contributed by atoms with van der Waals surface area (Å²) in [6, 6.07) is 4.82. The molecule has 1 aromatic carbocycles. The summed E-state index contributed by atoms with van der Waals surface area (Å²) >= 11 is 0. The van der Waals surface area contributed by atoms with Gasteiger partial charge in [0, 0.05) is 12.7 Å². The van der Waals surface area contributed by atoms with Crippen molar-refractivity contribution in [1.82, 2.24) is 5.32 Å². The van der Waals surface area contributed by atoms with Gasteiger partial charge in [-0.2, -0.15) is 0 Å². The molecule has 82 valence electrons. The van der Waals surface area contributed by atoms with Crippen LogP contribution in [0.2, 0.25) is 0 Å². The molecule has 0 unspecified atom stereocenters. The zero-order valence-corrected chi connectivity index (χ0v) is 8.57. The van der Waals surface area contributed by atoms with Crippen molar-refractivity contribution in [3.63, 3.8) is 0 Å². The fourth-order valence-corrected chi connectivity index (χ4v) is 1.67. The molecule has 0 saturated heterocycles. The van der Waals surface area contributed by atoms with Gasteiger partial charge in [-0.1, -0.05) is 12.1 Å². The monoisotopic (exact) mass is 219 g/mol. The fraction of sp³-hybridized carbons (Fsp3) is 0.182. The number of imide groups is 1. The number of Topliss-reactive ketones (excluding diaryl/α,β-unsaturated/α-hetero) is 1. The lowest BCUT2D eigenvalue weighted by molar-refractivity contribution is -0.116. The van der Waals surface area contributed by atoms with Gasteiger partial charge >= 0.3 is 0 Å². The van der Waals surface area contributed by atoms with Gasteiger partial charge in [0.15, 0.2) is 0 Å². The van der Waals surface area contributed by atoms with E-state index in [9.17, 15) is 14.4 Å². The van der Waals surface area contributed by atoms with E-state index in [0.717, 1.165) is 0 Å². The van der Waals surface area contributed by atoms with Crippen LogP contribution in [0.15, 0.2) is 18.2 Å². The Morgan fingerprint density at radius 3 is 2.62 bits per heavy atom. The molecule has 1 aromatic rings. The molecule has 0 fully saturated rings. The maximum atomic E-state index is 11.6. The molecular weight excluding hydrogens is 210 g/mol. The number of fused-ring (bicyclic) bond motifs is 1. The molecule has 1 aliphatic heterocycles. The minimum Gasteiger partial charge on any atom is -0.380 e. The van der Waals surface area contributed by atoms with Crippen LogP contribution in [0.25, 0.3) is 0 Å². The van der Waals surface area contributed by atoms with Gasteiger partial charge < -0.3 is 4.74 Å². The van der Waals surface area contributed by atoms with Gasteiger partial charge in [-0.25, -0.2) is 0 Å². The number of hydrogen-bond donors (Lipinski definition) is 1. The van der Waals surface area contributed by atoms with Gasteiger partial charge in [-0.05, 0) is 11.6 Å². The number of rotatable bonds is 2. The number of ether oxygens (including phenoxy) is 1. The van der Waals surface area contributed by atoms with Crippen LogP contribution >= 0.6 is 0 Å². The van der Waals surface area contributed by atoms with E-state index in [1.165, 1.54) is 13.2 Å². The number of nitrogens with one attached hydrogen (secondary N) is 1. The Morgan fingerprint density at radius 1 is 1.19 bits per heavy atom. The highest BCUT2D eigenvalue weighted by Crippen LogP contribution is 2.19. The number of carbonyl (C=O) groups is 3. The molecule has 1 aliphatic rings. The highest BCUT2D eigenvalue weighted by molar-refractivity contribution is 6.49. The summed E-state index contributed by atoms with van der Waals surface area (Å²) < 4.78 is 4.92. The van der Waals surface area contributed by atoms with Gasteiger partial charge in [0.1, 0.15) is 0 Å². The molecule has 0 radical (unpaired) electrons. The molecule has 5 heteroatoms. The van der Waals surface area contributed by atoms with Crippen molar-refractivity contribution in [2.24, 2.45) is 0 Å². The summed E-state index contributed by atoms with van der Waals surface area (Å²) in [5, 5.41) is 1.99. The van der Waals surface area contributed by atoms with E-state index in [2.05, 4.69) is 0 Å². The van der Waals surface area contributed by atoms with Crippen LogP contribution in [0.1, 0.15) is 26.3 Å². The van der Waals surface area contributed by atoms with Crippen molar-refractivity contribution in [3.05, 3.63) is 34.9 Å². The molecule has 0 aliphatic carbocycles. The van der Waals surface area contributed by atoms with Crippen molar-refractivity contribution >= 4 is 17.6 Å². The summed E-state index contributed by atoms with van der Waals surface area (Å²) in [5.41, 5.74) is 0.922. The van der Waals surface area contributed by atoms with Gasteiger partial charge in [0.25, 0.3) is 17.6 Å². The molecule has 2 amide bonds. The molecule has 1 heterocycles. The van der Waals surface area contributed by atoms with Crippen molar-refractivity contribution in [2.45, 2.75) is 6.61 Å². The van der Waals surface area contributed by atoms with Crippen LogP contribution in [0, 0.1) is 0 Å². The first-order chi connectivity index (χ1) is 7.65. The Balaban J connectivity index is 2.62. The topological polar surface area (TPSA) is 72.5 Å². The Morgan fingerprint density at radius 2 is 1.94 bits per heavy atom. The minimum absolute atomic E-state index is 0.151. The van der Waals surface area contributed by atoms with Crippen LogP contribution in [0.4, 0.5) is 0 Å². The molecule has 0 bridgehead atoms. The van der Waals surface area contributed by atoms with Crippen molar-refractivity contribution in [3.8, 4) is 0 Å². The van der Waals surface area contributed by atoms with Crippen molar-refractivity contribution < 1.29 is 19.1 Å². The predicted molar refractivity (Wildman–Crippen MR) is 54.0 cm³/mol. The zero-order chi connectivity index (χ0) is 11.7. The van der Waals surface area contributed by atoms with Crippen LogP contribution in [0.5, 0.6) is 0 Å². The number of ketones is 1. The molecule has 1 N–H and O–H groups in total. The SMILES string of the molecule is COCc1cccc2c1C(=O)C(=O)NC2=O. The molecule has 0 atom stereocenters. The summed E-state index contributed by atoms with van der Waals surface area (Å²) in [6.07, 6.45) is 0. The Hall–Kier alpha value is -2.01. The average Bonchev–Trinajstić information content (AvgIpc) is 2.26. The zero-order valence-electron chi connectivity index (χ0n) is 8.57. The second kappa shape index (κ2) is 3.86. The third kappa shape index (κ3) is 1.51. The first-order valence-corrected chi connectivity index (χ1v) is 4.66. The lowest BCUT2D eigenvalue weighted by Gasteiger charge is -2.16. The number of methoxy groups -OCH3 is 1. The van der Waals surface area contributed by atoms with Crippen LogP contribution < -0.4 is 5.32 Å². The second-order valence-electron chi connectivity index (χ2n) is 3.39. The first-order valence-electron chi connectivity index (χ1n) is 4.66. The lowest BCUT2D eigenvalue weighted by atomic mass is 9.94. The number of benzene rings is 1. The normalized spacial score (nSPS) is 14.7. The molecule has 0 saturated carbocycles. The summed E-state index contributed by atoms with van der Waals surface area (Å²) in [7, 11) is 1.48. The van der Waals surface area contributed by atoms with Crippen molar-refractivity contribution in [1.29, 1.82) is 0 Å². The van der Waals surface area contributed by atoms with Crippen LogP contribution in [-0.2, 0) is 16.1 Å². The molecular formula is C11H9NO4. The third-order valence-electron chi connectivity index (χ3n) is 2.36. The van der Waals surface area contributed by atoms with Gasteiger partial charge in [-0.3, -0.25) is 19.7 Å². The molecule has 16 heavy (non-hydrogen) atoms. The van der Waals surface area contributed by atoms with Gasteiger partial charge in [-0.15, -0.1) is 0 Å². The van der Waals surface area contributed by atoms with E-state index in [-0.39, 0.29) is 17.7 Å². The summed E-state index contributed by atoms with van der Waals surface area (Å²) in [6.45, 7) is 0.190. The number of hydrogen-bond acceptors (Lipinski definition) is 4. The largest absolute Gasteiger partial charge is 0.380 e. The number of amides is 2. The average molecular weight is 219 g/mol. The van der Waals surface area contributed by atoms with Crippen LogP contribution in [-0.4, -0.2) is 24.7 Å². The fourth-order valence-electron chi connectivity index (χ4n) is 1.67. The maximum Gasteiger partial charge on any atom is 0.299 e. The summed E-state index contributed by atoms with van der Waals surface area (Å²) in [5.74, 6) is -2.12.